The van der Waals surface area contributed by atoms with Gasteiger partial charge in [-0.05, 0) is 25.2 Å². The molecule has 0 saturated carbocycles. The molecular weight excluding hydrogens is 160 g/mol. The third-order valence-corrected chi connectivity index (χ3v) is 2.38. The van der Waals surface area contributed by atoms with Crippen LogP contribution in [-0.2, 0) is 0 Å². The second kappa shape index (κ2) is 4.78. The smallest absolute Gasteiger partial charge is 0.0726 e. The summed E-state index contributed by atoms with van der Waals surface area (Å²) in [6.07, 6.45) is 8.22. The monoisotopic (exact) mass is 174 g/mol. The Kier molecular flexibility index (Phi) is 3.95. The summed E-state index contributed by atoms with van der Waals surface area (Å²) in [5.41, 5.74) is 0. The maximum Gasteiger partial charge on any atom is 0.0726 e. The largest absolute Gasteiger partial charge is 0.389 e. The predicted octanol–water partition coefficient (Wildman–Crippen LogP) is 2.33. The zero-order valence-electron chi connectivity index (χ0n) is 6.67. The zero-order chi connectivity index (χ0) is 8.10. The highest BCUT2D eigenvalue weighted by atomic mass is 35.5. The number of aliphatic hydroxyl groups excluding tert-OH is 1. The number of unbranched alkanes of at least 4 members (excludes halogenated alkanes) is 1. The van der Waals surface area contributed by atoms with E-state index in [1.165, 1.54) is 12.8 Å². The summed E-state index contributed by atoms with van der Waals surface area (Å²) in [7, 11) is 0. The molecule has 0 aromatic carbocycles. The first kappa shape index (κ1) is 9.08. The highest BCUT2D eigenvalue weighted by molar-refractivity contribution is 6.17. The minimum atomic E-state index is -0.184. The van der Waals surface area contributed by atoms with E-state index < -0.39 is 0 Å². The van der Waals surface area contributed by atoms with Crippen LogP contribution in [0, 0.1) is 5.92 Å². The molecule has 0 fully saturated rings. The average Bonchev–Trinajstić information content (AvgIpc) is 2.37. The zero-order valence-corrected chi connectivity index (χ0v) is 7.43. The van der Waals surface area contributed by atoms with Gasteiger partial charge in [-0.3, -0.25) is 0 Å². The minimum absolute atomic E-state index is 0.184. The Labute approximate surface area is 73.1 Å². The van der Waals surface area contributed by atoms with Gasteiger partial charge in [0, 0.05) is 5.88 Å². The van der Waals surface area contributed by atoms with Crippen LogP contribution in [0.1, 0.15) is 25.7 Å². The summed E-state index contributed by atoms with van der Waals surface area (Å²) in [6.45, 7) is 0. The van der Waals surface area contributed by atoms with E-state index in [0.29, 0.717) is 5.92 Å². The van der Waals surface area contributed by atoms with Crippen molar-refractivity contribution in [2.45, 2.75) is 31.8 Å². The van der Waals surface area contributed by atoms with Crippen LogP contribution >= 0.6 is 11.6 Å². The lowest BCUT2D eigenvalue weighted by molar-refractivity contribution is 0.208. The summed E-state index contributed by atoms with van der Waals surface area (Å²) < 4.78 is 0. The summed E-state index contributed by atoms with van der Waals surface area (Å²) in [6, 6.07) is 0. The van der Waals surface area contributed by atoms with Crippen molar-refractivity contribution in [3.63, 3.8) is 0 Å². The van der Waals surface area contributed by atoms with E-state index in [1.54, 1.807) is 0 Å². The van der Waals surface area contributed by atoms with Crippen molar-refractivity contribution in [3.05, 3.63) is 12.2 Å². The molecule has 0 heterocycles. The van der Waals surface area contributed by atoms with Gasteiger partial charge < -0.3 is 5.11 Å². The molecule has 0 amide bonds. The van der Waals surface area contributed by atoms with E-state index in [1.807, 2.05) is 6.08 Å². The Hall–Kier alpha value is -0.0100. The molecule has 2 atom stereocenters. The molecule has 0 spiro atoms. The minimum Gasteiger partial charge on any atom is -0.389 e. The van der Waals surface area contributed by atoms with Crippen molar-refractivity contribution in [2.75, 3.05) is 5.88 Å². The normalized spacial score (nSPS) is 29.6. The number of halogens is 1. The van der Waals surface area contributed by atoms with Crippen LogP contribution in [0.2, 0.25) is 0 Å². The van der Waals surface area contributed by atoms with Crippen molar-refractivity contribution in [2.24, 2.45) is 5.92 Å². The third kappa shape index (κ3) is 3.26. The molecule has 0 aromatic heterocycles. The number of allylic oxidation sites excluding steroid dienone is 1. The lowest BCUT2D eigenvalue weighted by Crippen LogP contribution is -2.01. The molecule has 0 aliphatic heterocycles. The van der Waals surface area contributed by atoms with Gasteiger partial charge >= 0.3 is 0 Å². The maximum absolute atomic E-state index is 9.14. The van der Waals surface area contributed by atoms with E-state index in [9.17, 15) is 0 Å². The van der Waals surface area contributed by atoms with Gasteiger partial charge in [0.15, 0.2) is 0 Å². The fraction of sp³-hybridized carbons (Fsp3) is 0.778. The number of hydrogen-bond donors (Lipinski definition) is 1. The average molecular weight is 175 g/mol. The Morgan fingerprint density at radius 3 is 2.73 bits per heavy atom. The van der Waals surface area contributed by atoms with Crippen LogP contribution in [0.3, 0.4) is 0 Å². The van der Waals surface area contributed by atoms with Gasteiger partial charge in [-0.15, -0.1) is 11.6 Å². The molecule has 2 unspecified atom stereocenters. The van der Waals surface area contributed by atoms with Crippen molar-refractivity contribution in [1.82, 2.24) is 0 Å². The lowest BCUT2D eigenvalue weighted by atomic mass is 10.0. The van der Waals surface area contributed by atoms with Gasteiger partial charge in [-0.1, -0.05) is 18.6 Å². The molecule has 0 saturated heterocycles. The van der Waals surface area contributed by atoms with E-state index in [-0.39, 0.29) is 6.10 Å². The van der Waals surface area contributed by atoms with Crippen LogP contribution in [0.5, 0.6) is 0 Å². The summed E-state index contributed by atoms with van der Waals surface area (Å²) in [4.78, 5) is 0. The van der Waals surface area contributed by atoms with Gasteiger partial charge in [-0.25, -0.2) is 0 Å². The topological polar surface area (TPSA) is 20.2 Å². The van der Waals surface area contributed by atoms with Gasteiger partial charge in [0.05, 0.1) is 6.10 Å². The Bertz CT molecular complexity index is 134. The van der Waals surface area contributed by atoms with Crippen molar-refractivity contribution in [3.8, 4) is 0 Å². The van der Waals surface area contributed by atoms with Crippen LogP contribution in [-0.4, -0.2) is 17.1 Å². The number of rotatable bonds is 4. The molecule has 0 bridgehead atoms. The molecule has 1 aliphatic carbocycles. The molecule has 1 nitrogen and oxygen atoms in total. The van der Waals surface area contributed by atoms with Crippen LogP contribution in [0.15, 0.2) is 12.2 Å². The van der Waals surface area contributed by atoms with Gasteiger partial charge in [0.1, 0.15) is 0 Å². The van der Waals surface area contributed by atoms with E-state index >= 15 is 0 Å². The standard InChI is InChI=1S/C9H15ClO/c10-6-2-1-3-8-4-5-9(11)7-8/h4-5,8-9,11H,1-3,6-7H2. The van der Waals surface area contributed by atoms with Crippen LogP contribution in [0.25, 0.3) is 0 Å². The quantitative estimate of drug-likeness (QED) is 0.394. The fourth-order valence-corrected chi connectivity index (χ4v) is 1.66. The third-order valence-electron chi connectivity index (χ3n) is 2.11. The molecule has 64 valence electrons. The molecule has 11 heavy (non-hydrogen) atoms. The Balaban J connectivity index is 2.05. The Morgan fingerprint density at radius 2 is 2.18 bits per heavy atom. The second-order valence-electron chi connectivity index (χ2n) is 3.13. The highest BCUT2D eigenvalue weighted by Crippen LogP contribution is 2.22. The number of hydrogen-bond acceptors (Lipinski definition) is 1. The number of alkyl halides is 1. The number of aliphatic hydroxyl groups is 1. The SMILES string of the molecule is OC1C=CC(CCCCCl)C1. The summed E-state index contributed by atoms with van der Waals surface area (Å²) in [5.74, 6) is 1.37. The first-order valence-electron chi connectivity index (χ1n) is 4.25. The lowest BCUT2D eigenvalue weighted by Gasteiger charge is -2.06. The van der Waals surface area contributed by atoms with Crippen molar-refractivity contribution >= 4 is 11.6 Å². The van der Waals surface area contributed by atoms with Gasteiger partial charge in [0.25, 0.3) is 0 Å². The fourth-order valence-electron chi connectivity index (χ4n) is 1.47. The molecule has 0 radical (unpaired) electrons. The van der Waals surface area contributed by atoms with Crippen molar-refractivity contribution < 1.29 is 5.11 Å². The van der Waals surface area contributed by atoms with Crippen LogP contribution in [0.4, 0.5) is 0 Å². The first-order chi connectivity index (χ1) is 5.33. The van der Waals surface area contributed by atoms with E-state index in [4.69, 9.17) is 16.7 Å². The molecule has 0 aromatic rings. The molecule has 1 N–H and O–H groups in total. The summed E-state index contributed by atoms with van der Waals surface area (Å²) >= 11 is 5.55. The summed E-state index contributed by atoms with van der Waals surface area (Å²) in [5, 5.41) is 9.14. The molecule has 1 aliphatic rings. The van der Waals surface area contributed by atoms with Crippen molar-refractivity contribution in [1.29, 1.82) is 0 Å². The van der Waals surface area contributed by atoms with E-state index in [2.05, 4.69) is 6.08 Å². The predicted molar refractivity (Wildman–Crippen MR) is 47.8 cm³/mol. The molecular formula is C9H15ClO. The van der Waals surface area contributed by atoms with E-state index in [0.717, 1.165) is 18.7 Å². The second-order valence-corrected chi connectivity index (χ2v) is 3.51. The highest BCUT2D eigenvalue weighted by Gasteiger charge is 2.15. The maximum atomic E-state index is 9.14. The van der Waals surface area contributed by atoms with Gasteiger partial charge in [0.2, 0.25) is 0 Å². The molecule has 1 rings (SSSR count). The molecule has 2 heteroatoms. The van der Waals surface area contributed by atoms with Crippen LogP contribution < -0.4 is 0 Å². The van der Waals surface area contributed by atoms with Gasteiger partial charge in [-0.2, -0.15) is 0 Å². The Morgan fingerprint density at radius 1 is 1.36 bits per heavy atom. The first-order valence-corrected chi connectivity index (χ1v) is 4.78.